The van der Waals surface area contributed by atoms with Crippen molar-refractivity contribution in [2.24, 2.45) is 5.14 Å². The average molecular weight is 508 g/mol. The van der Waals surface area contributed by atoms with E-state index >= 15 is 0 Å². The third kappa shape index (κ3) is 5.14. The monoisotopic (exact) mass is 507 g/mol. The van der Waals surface area contributed by atoms with Crippen LogP contribution in [0.4, 0.5) is 5.69 Å². The number of ether oxygens (including phenoxy) is 1. The van der Waals surface area contributed by atoms with E-state index in [1.807, 2.05) is 31.2 Å². The highest BCUT2D eigenvalue weighted by Gasteiger charge is 2.44. The first kappa shape index (κ1) is 25.1. The van der Waals surface area contributed by atoms with Crippen LogP contribution in [0.2, 0.25) is 0 Å². The molecule has 3 aromatic carbocycles. The van der Waals surface area contributed by atoms with Crippen molar-refractivity contribution < 1.29 is 27.5 Å². The minimum absolute atomic E-state index is 0.118. The van der Waals surface area contributed by atoms with E-state index in [2.05, 4.69) is 0 Å². The lowest BCUT2D eigenvalue weighted by molar-refractivity contribution is -0.122. The topological polar surface area (TPSA) is 127 Å². The van der Waals surface area contributed by atoms with Crippen LogP contribution in [0.25, 0.3) is 0 Å². The molecule has 0 aromatic heterocycles. The fraction of sp³-hybridized carbons (Fsp3) is 0.192. The fourth-order valence-electron chi connectivity index (χ4n) is 4.03. The number of anilines is 1. The largest absolute Gasteiger partial charge is 0.497 e. The molecule has 1 atom stereocenters. The Bertz CT molecular complexity index is 1400. The summed E-state index contributed by atoms with van der Waals surface area (Å²) < 4.78 is 28.3. The molecule has 4 rings (SSSR count). The fourth-order valence-corrected chi connectivity index (χ4v) is 4.54. The van der Waals surface area contributed by atoms with Crippen molar-refractivity contribution in [3.8, 4) is 5.75 Å². The van der Waals surface area contributed by atoms with E-state index in [1.165, 1.54) is 36.3 Å². The van der Waals surface area contributed by atoms with Gasteiger partial charge in [-0.25, -0.2) is 18.5 Å². The molecule has 10 heteroatoms. The lowest BCUT2D eigenvalue weighted by Gasteiger charge is -2.28. The van der Waals surface area contributed by atoms with Gasteiger partial charge in [0.2, 0.25) is 15.9 Å². The summed E-state index contributed by atoms with van der Waals surface area (Å²) in [5, 5.41) is 5.14. The van der Waals surface area contributed by atoms with Crippen LogP contribution in [0.1, 0.15) is 27.9 Å². The molecule has 2 N–H and O–H groups in total. The maximum atomic E-state index is 13.6. The number of nitrogens with two attached hydrogens (primary N) is 1. The Morgan fingerprint density at radius 1 is 1.00 bits per heavy atom. The molecule has 36 heavy (non-hydrogen) atoms. The number of aryl methyl sites for hydroxylation is 1. The number of methoxy groups -OCH3 is 1. The first-order valence-corrected chi connectivity index (χ1v) is 12.6. The van der Waals surface area contributed by atoms with Gasteiger partial charge in [-0.05, 0) is 61.0 Å². The zero-order valence-corrected chi connectivity index (χ0v) is 20.6. The molecule has 1 aliphatic rings. The van der Waals surface area contributed by atoms with Gasteiger partial charge >= 0.3 is 0 Å². The lowest BCUT2D eigenvalue weighted by atomic mass is 10.1. The Morgan fingerprint density at radius 2 is 1.61 bits per heavy atom. The van der Waals surface area contributed by atoms with E-state index in [9.17, 15) is 22.8 Å². The highest BCUT2D eigenvalue weighted by atomic mass is 32.2. The quantitative estimate of drug-likeness (QED) is 0.490. The molecule has 3 aromatic rings. The highest BCUT2D eigenvalue weighted by molar-refractivity contribution is 7.89. The predicted octanol–water partition coefficient (Wildman–Crippen LogP) is 2.63. The maximum Gasteiger partial charge on any atom is 0.257 e. The molecular formula is C26H25N3O6S. The van der Waals surface area contributed by atoms with Crippen LogP contribution in [0.15, 0.2) is 77.7 Å². The minimum Gasteiger partial charge on any atom is -0.497 e. The van der Waals surface area contributed by atoms with Crippen molar-refractivity contribution in [1.29, 1.82) is 0 Å². The Labute approximate surface area is 209 Å². The Balaban J connectivity index is 1.67. The number of benzene rings is 3. The molecule has 0 bridgehead atoms. The van der Waals surface area contributed by atoms with Crippen LogP contribution < -0.4 is 14.8 Å². The van der Waals surface area contributed by atoms with Gasteiger partial charge in [0.15, 0.2) is 0 Å². The van der Waals surface area contributed by atoms with Gasteiger partial charge in [-0.2, -0.15) is 0 Å². The van der Waals surface area contributed by atoms with Gasteiger partial charge in [0.05, 0.1) is 24.1 Å². The average Bonchev–Trinajstić information content (AvgIpc) is 3.16. The van der Waals surface area contributed by atoms with Crippen molar-refractivity contribution in [3.05, 3.63) is 89.5 Å². The molecule has 3 amide bonds. The number of sulfonamides is 1. The standard InChI is InChI=1S/C26H25N3O6S/c1-17-3-5-18(6-4-17)16-28(25(31)19-7-11-21(35-2)12-8-19)23-15-24(30)29(26(23)32)20-9-13-22(14-10-20)36(27,33)34/h3-14,23H,15-16H2,1-2H3,(H2,27,33,34). The first-order valence-electron chi connectivity index (χ1n) is 11.1. The summed E-state index contributed by atoms with van der Waals surface area (Å²) in [6.07, 6.45) is -0.205. The summed E-state index contributed by atoms with van der Waals surface area (Å²) >= 11 is 0. The van der Waals surface area contributed by atoms with Gasteiger partial charge in [-0.1, -0.05) is 29.8 Å². The molecule has 9 nitrogen and oxygen atoms in total. The highest BCUT2D eigenvalue weighted by Crippen LogP contribution is 2.29. The predicted molar refractivity (Wildman–Crippen MR) is 133 cm³/mol. The van der Waals surface area contributed by atoms with E-state index in [1.54, 1.807) is 24.3 Å². The van der Waals surface area contributed by atoms with Crippen molar-refractivity contribution in [3.63, 3.8) is 0 Å². The third-order valence-corrected chi connectivity index (χ3v) is 6.92. The van der Waals surface area contributed by atoms with Crippen molar-refractivity contribution in [2.75, 3.05) is 12.0 Å². The molecule has 1 fully saturated rings. The number of rotatable bonds is 7. The smallest absolute Gasteiger partial charge is 0.257 e. The van der Waals surface area contributed by atoms with Crippen molar-refractivity contribution >= 4 is 33.4 Å². The summed E-state index contributed by atoms with van der Waals surface area (Å²) in [4.78, 5) is 42.2. The summed E-state index contributed by atoms with van der Waals surface area (Å²) in [6, 6.07) is 18.2. The number of carbonyl (C=O) groups excluding carboxylic acids is 3. The summed E-state index contributed by atoms with van der Waals surface area (Å²) in [5.74, 6) is -0.893. The van der Waals surface area contributed by atoms with Crippen LogP contribution in [0, 0.1) is 6.92 Å². The van der Waals surface area contributed by atoms with E-state index < -0.39 is 33.8 Å². The van der Waals surface area contributed by atoms with Gasteiger partial charge in [-0.3, -0.25) is 14.4 Å². The number of carbonyl (C=O) groups is 3. The second-order valence-corrected chi connectivity index (χ2v) is 10.0. The van der Waals surface area contributed by atoms with Gasteiger partial charge in [0.1, 0.15) is 11.8 Å². The zero-order valence-electron chi connectivity index (χ0n) is 19.7. The normalized spacial score (nSPS) is 15.8. The second-order valence-electron chi connectivity index (χ2n) is 8.47. The molecule has 1 unspecified atom stereocenters. The number of nitrogens with zero attached hydrogens (tertiary/aromatic N) is 2. The van der Waals surface area contributed by atoms with E-state index in [-0.39, 0.29) is 23.5 Å². The van der Waals surface area contributed by atoms with Crippen LogP contribution in [-0.2, 0) is 26.2 Å². The molecule has 0 radical (unpaired) electrons. The summed E-state index contributed by atoms with van der Waals surface area (Å²) in [7, 11) is -2.41. The molecule has 0 spiro atoms. The molecule has 1 heterocycles. The number of hydrogen-bond donors (Lipinski definition) is 1. The molecule has 186 valence electrons. The Morgan fingerprint density at radius 3 is 2.17 bits per heavy atom. The van der Waals surface area contributed by atoms with Crippen LogP contribution in [-0.4, -0.2) is 44.2 Å². The van der Waals surface area contributed by atoms with Crippen molar-refractivity contribution in [1.82, 2.24) is 4.90 Å². The molecule has 1 saturated heterocycles. The maximum absolute atomic E-state index is 13.6. The van der Waals surface area contributed by atoms with Crippen LogP contribution >= 0.6 is 0 Å². The number of amides is 3. The number of primary sulfonamides is 1. The van der Waals surface area contributed by atoms with E-state index in [0.29, 0.717) is 11.3 Å². The SMILES string of the molecule is COc1ccc(C(=O)N(Cc2ccc(C)cc2)C2CC(=O)N(c3ccc(S(N)(=O)=O)cc3)C2=O)cc1. The third-order valence-electron chi connectivity index (χ3n) is 5.99. The Hall–Kier alpha value is -4.02. The van der Waals surface area contributed by atoms with Gasteiger partial charge in [0.25, 0.3) is 11.8 Å². The molecular weight excluding hydrogens is 482 g/mol. The molecule has 0 saturated carbocycles. The van der Waals surface area contributed by atoms with E-state index in [0.717, 1.165) is 16.0 Å². The van der Waals surface area contributed by atoms with Crippen molar-refractivity contribution in [2.45, 2.75) is 30.8 Å². The zero-order chi connectivity index (χ0) is 26.0. The van der Waals surface area contributed by atoms with Gasteiger partial charge < -0.3 is 9.64 Å². The Kier molecular flexibility index (Phi) is 6.91. The second kappa shape index (κ2) is 9.92. The van der Waals surface area contributed by atoms with Crippen LogP contribution in [0.3, 0.4) is 0 Å². The van der Waals surface area contributed by atoms with E-state index in [4.69, 9.17) is 9.88 Å². The summed E-state index contributed by atoms with van der Waals surface area (Å²) in [5.41, 5.74) is 2.40. The summed E-state index contributed by atoms with van der Waals surface area (Å²) in [6.45, 7) is 2.06. The lowest BCUT2D eigenvalue weighted by Crippen LogP contribution is -2.45. The molecule has 1 aliphatic heterocycles. The van der Waals surface area contributed by atoms with Gasteiger partial charge in [0, 0.05) is 12.1 Å². The van der Waals surface area contributed by atoms with Crippen LogP contribution in [0.5, 0.6) is 5.75 Å². The number of hydrogen-bond acceptors (Lipinski definition) is 6. The minimum atomic E-state index is -3.93. The molecule has 0 aliphatic carbocycles. The first-order chi connectivity index (χ1) is 17.1. The number of imide groups is 1. The van der Waals surface area contributed by atoms with Gasteiger partial charge in [-0.15, -0.1) is 0 Å².